The molecule has 102 valence electrons. The molecule has 1 heterocycles. The predicted octanol–water partition coefficient (Wildman–Crippen LogP) is 3.25. The minimum absolute atomic E-state index is 0.117. The van der Waals surface area contributed by atoms with Crippen LogP contribution < -0.4 is 4.74 Å². The van der Waals surface area contributed by atoms with Gasteiger partial charge in [0, 0.05) is 12.8 Å². The number of H-pyrrole nitrogens is 1. The number of aliphatic hydroxyl groups excluding tert-OH is 1. The average Bonchev–Trinajstić information content (AvgIpc) is 2.42. The second-order valence-electron chi connectivity index (χ2n) is 4.33. The molecular weight excluding hydrogens is 272 g/mol. The van der Waals surface area contributed by atoms with Crippen molar-refractivity contribution >= 4 is 12.2 Å². The molecule has 4 nitrogen and oxygen atoms in total. The van der Waals surface area contributed by atoms with Gasteiger partial charge < -0.3 is 14.8 Å². The van der Waals surface area contributed by atoms with Crippen LogP contribution in [0, 0.1) is 22.9 Å². The van der Waals surface area contributed by atoms with E-state index in [-0.39, 0.29) is 6.61 Å². The Morgan fingerprint density at radius 3 is 2.80 bits per heavy atom. The van der Waals surface area contributed by atoms with Crippen molar-refractivity contribution in [3.05, 3.63) is 51.8 Å². The SMILES string of the molecule is Cc1cc(CCO)ccc1Oc1cc[nH]c(=S)c1C#N. The first-order valence-electron chi connectivity index (χ1n) is 6.15. The molecule has 0 spiro atoms. The van der Waals surface area contributed by atoms with E-state index in [4.69, 9.17) is 27.3 Å². The van der Waals surface area contributed by atoms with Crippen LogP contribution in [-0.2, 0) is 6.42 Å². The lowest BCUT2D eigenvalue weighted by molar-refractivity contribution is 0.299. The van der Waals surface area contributed by atoms with Crippen molar-refractivity contribution in [1.82, 2.24) is 4.98 Å². The molecule has 0 aliphatic rings. The van der Waals surface area contributed by atoms with Gasteiger partial charge in [0.2, 0.25) is 0 Å². The van der Waals surface area contributed by atoms with Crippen LogP contribution in [0.5, 0.6) is 11.5 Å². The molecule has 5 heteroatoms. The number of benzene rings is 1. The summed E-state index contributed by atoms with van der Waals surface area (Å²) in [6.07, 6.45) is 2.26. The summed E-state index contributed by atoms with van der Waals surface area (Å²) in [4.78, 5) is 2.80. The molecule has 0 bridgehead atoms. The second-order valence-corrected chi connectivity index (χ2v) is 4.74. The van der Waals surface area contributed by atoms with Crippen LogP contribution in [0.4, 0.5) is 0 Å². The van der Waals surface area contributed by atoms with Gasteiger partial charge in [-0.15, -0.1) is 0 Å². The van der Waals surface area contributed by atoms with Gasteiger partial charge in [0.25, 0.3) is 0 Å². The van der Waals surface area contributed by atoms with Crippen LogP contribution in [0.15, 0.2) is 30.5 Å². The average molecular weight is 286 g/mol. The standard InChI is InChI=1S/C15H14N2O2S/c1-10-8-11(5-7-18)2-3-13(10)19-14-4-6-17-15(20)12(14)9-16/h2-4,6,8,18H,5,7H2,1H3,(H,17,20). The van der Waals surface area contributed by atoms with Crippen LogP contribution in [0.3, 0.4) is 0 Å². The van der Waals surface area contributed by atoms with Crippen molar-refractivity contribution in [2.75, 3.05) is 6.61 Å². The summed E-state index contributed by atoms with van der Waals surface area (Å²) >= 11 is 5.06. The van der Waals surface area contributed by atoms with Gasteiger partial charge in [-0.3, -0.25) is 0 Å². The summed E-state index contributed by atoms with van der Waals surface area (Å²) in [6, 6.07) is 9.41. The van der Waals surface area contributed by atoms with Gasteiger partial charge in [-0.25, -0.2) is 0 Å². The largest absolute Gasteiger partial charge is 0.456 e. The molecule has 0 amide bonds. The molecule has 0 unspecified atom stereocenters. The molecule has 0 aliphatic heterocycles. The summed E-state index contributed by atoms with van der Waals surface area (Å²) in [6.45, 7) is 2.04. The Morgan fingerprint density at radius 1 is 1.35 bits per heavy atom. The summed E-state index contributed by atoms with van der Waals surface area (Å²) < 4.78 is 6.13. The molecule has 0 saturated carbocycles. The molecule has 0 aliphatic carbocycles. The number of rotatable bonds is 4. The number of nitrogens with one attached hydrogen (secondary N) is 1. The monoisotopic (exact) mass is 286 g/mol. The number of aromatic amines is 1. The number of aromatic nitrogens is 1. The Balaban J connectivity index is 2.34. The van der Waals surface area contributed by atoms with Crippen molar-refractivity contribution < 1.29 is 9.84 Å². The van der Waals surface area contributed by atoms with E-state index in [0.29, 0.717) is 28.1 Å². The van der Waals surface area contributed by atoms with Gasteiger partial charge in [0.15, 0.2) is 0 Å². The van der Waals surface area contributed by atoms with Crippen molar-refractivity contribution in [2.24, 2.45) is 0 Å². The van der Waals surface area contributed by atoms with Gasteiger partial charge >= 0.3 is 0 Å². The smallest absolute Gasteiger partial charge is 0.149 e. The normalized spacial score (nSPS) is 10.1. The minimum atomic E-state index is 0.117. The molecule has 0 radical (unpaired) electrons. The van der Waals surface area contributed by atoms with E-state index >= 15 is 0 Å². The molecule has 1 aromatic heterocycles. The molecule has 20 heavy (non-hydrogen) atoms. The highest BCUT2D eigenvalue weighted by Crippen LogP contribution is 2.28. The van der Waals surface area contributed by atoms with Crippen LogP contribution in [-0.4, -0.2) is 16.7 Å². The van der Waals surface area contributed by atoms with Gasteiger partial charge in [-0.1, -0.05) is 24.4 Å². The van der Waals surface area contributed by atoms with E-state index in [2.05, 4.69) is 4.98 Å². The summed E-state index contributed by atoms with van der Waals surface area (Å²) in [5, 5.41) is 18.0. The first-order chi connectivity index (χ1) is 9.65. The molecular formula is C15H14N2O2S. The van der Waals surface area contributed by atoms with Crippen LogP contribution in [0.2, 0.25) is 0 Å². The van der Waals surface area contributed by atoms with Gasteiger partial charge in [0.1, 0.15) is 27.8 Å². The quantitative estimate of drug-likeness (QED) is 0.846. The Hall–Kier alpha value is -2.16. The molecule has 2 N–H and O–H groups in total. The maximum atomic E-state index is 9.12. The second kappa shape index (κ2) is 6.33. The fourth-order valence-corrected chi connectivity index (χ4v) is 2.09. The van der Waals surface area contributed by atoms with E-state index in [1.165, 1.54) is 0 Å². The third-order valence-electron chi connectivity index (χ3n) is 2.89. The number of nitriles is 1. The predicted molar refractivity (Wildman–Crippen MR) is 78.4 cm³/mol. The van der Waals surface area contributed by atoms with E-state index in [1.54, 1.807) is 12.3 Å². The summed E-state index contributed by atoms with van der Waals surface area (Å²) in [5.74, 6) is 1.11. The number of nitrogens with zero attached hydrogens (tertiary/aromatic N) is 1. The first-order valence-corrected chi connectivity index (χ1v) is 6.56. The molecule has 0 atom stereocenters. The highest BCUT2D eigenvalue weighted by Gasteiger charge is 2.08. The fourth-order valence-electron chi connectivity index (χ4n) is 1.88. The maximum absolute atomic E-state index is 9.12. The van der Waals surface area contributed by atoms with E-state index in [9.17, 15) is 0 Å². The third-order valence-corrected chi connectivity index (χ3v) is 3.22. The molecule has 0 saturated heterocycles. The molecule has 2 aromatic rings. The lowest BCUT2D eigenvalue weighted by atomic mass is 10.1. The zero-order valence-electron chi connectivity index (χ0n) is 11.0. The van der Waals surface area contributed by atoms with Gasteiger partial charge in [-0.05, 0) is 36.6 Å². The zero-order valence-corrected chi connectivity index (χ0v) is 11.8. The molecule has 1 aromatic carbocycles. The number of hydrogen-bond donors (Lipinski definition) is 2. The fraction of sp³-hybridized carbons (Fsp3) is 0.200. The van der Waals surface area contributed by atoms with Crippen LogP contribution in [0.25, 0.3) is 0 Å². The number of hydrogen-bond acceptors (Lipinski definition) is 4. The van der Waals surface area contributed by atoms with E-state index < -0.39 is 0 Å². The minimum Gasteiger partial charge on any atom is -0.456 e. The van der Waals surface area contributed by atoms with E-state index in [1.807, 2.05) is 31.2 Å². The van der Waals surface area contributed by atoms with Crippen molar-refractivity contribution in [1.29, 1.82) is 5.26 Å². The summed E-state index contributed by atoms with van der Waals surface area (Å²) in [7, 11) is 0. The Bertz CT molecular complexity index is 717. The van der Waals surface area contributed by atoms with Gasteiger partial charge in [-0.2, -0.15) is 5.26 Å². The lowest BCUT2D eigenvalue weighted by Gasteiger charge is -2.11. The van der Waals surface area contributed by atoms with Crippen molar-refractivity contribution in [3.63, 3.8) is 0 Å². The van der Waals surface area contributed by atoms with Gasteiger partial charge in [0.05, 0.1) is 0 Å². The van der Waals surface area contributed by atoms with Crippen molar-refractivity contribution in [2.45, 2.75) is 13.3 Å². The summed E-state index contributed by atoms with van der Waals surface area (Å²) in [5.41, 5.74) is 2.31. The Labute approximate surface area is 122 Å². The highest BCUT2D eigenvalue weighted by atomic mass is 32.1. The topological polar surface area (TPSA) is 69.0 Å². The van der Waals surface area contributed by atoms with Crippen LogP contribution in [0.1, 0.15) is 16.7 Å². The third kappa shape index (κ3) is 3.05. The number of pyridine rings is 1. The Kier molecular flexibility index (Phi) is 4.51. The van der Waals surface area contributed by atoms with Crippen molar-refractivity contribution in [3.8, 4) is 17.6 Å². The molecule has 0 fully saturated rings. The van der Waals surface area contributed by atoms with E-state index in [0.717, 1.165) is 11.1 Å². The number of ether oxygens (including phenoxy) is 1. The number of aliphatic hydroxyl groups is 1. The zero-order chi connectivity index (χ0) is 14.5. The maximum Gasteiger partial charge on any atom is 0.149 e. The highest BCUT2D eigenvalue weighted by molar-refractivity contribution is 7.71. The molecule has 2 rings (SSSR count). The first kappa shape index (κ1) is 14.3. The Morgan fingerprint density at radius 2 is 2.15 bits per heavy atom. The van der Waals surface area contributed by atoms with Crippen LogP contribution >= 0.6 is 12.2 Å². The number of aryl methyl sites for hydroxylation is 1. The lowest BCUT2D eigenvalue weighted by Crippen LogP contribution is -1.95.